The number of methoxy groups -OCH3 is 2. The first-order chi connectivity index (χ1) is 41.0. The molecule has 0 aliphatic carbocycles. The molecule has 1 fully saturated rings. The minimum atomic E-state index is -0.798. The van der Waals surface area contributed by atoms with Gasteiger partial charge in [0.2, 0.25) is 5.91 Å². The van der Waals surface area contributed by atoms with Crippen molar-refractivity contribution in [1.29, 1.82) is 0 Å². The number of unbranched alkanes of at least 4 members (excludes halogenated alkanes) is 2. The molecule has 0 aromatic heterocycles. The molecule has 0 spiro atoms. The Balaban J connectivity index is 0.695. The van der Waals surface area contributed by atoms with Crippen molar-refractivity contribution in [1.82, 2.24) is 24.9 Å². The van der Waals surface area contributed by atoms with Gasteiger partial charge >= 0.3 is 0 Å². The van der Waals surface area contributed by atoms with Crippen molar-refractivity contribution in [2.75, 3.05) is 72.1 Å². The van der Waals surface area contributed by atoms with Gasteiger partial charge in [-0.25, -0.2) is 0 Å². The number of hydrogen-bond donors (Lipinski definition) is 1. The molecule has 4 atom stereocenters. The number of ether oxygens (including phenoxy) is 4. The number of aliphatic imine (C=N–C) groups is 2. The van der Waals surface area contributed by atoms with Crippen LogP contribution >= 0.6 is 0 Å². The predicted octanol–water partition coefficient (Wildman–Crippen LogP) is 8.58. The lowest BCUT2D eigenvalue weighted by Crippen LogP contribution is -2.44. The Hall–Kier alpha value is -8.71. The fourth-order valence-corrected chi connectivity index (χ4v) is 11.6. The van der Waals surface area contributed by atoms with E-state index in [0.29, 0.717) is 90.6 Å². The van der Waals surface area contributed by atoms with Gasteiger partial charge in [0.05, 0.1) is 68.1 Å². The summed E-state index contributed by atoms with van der Waals surface area (Å²) in [6.45, 7) is 10.3. The molecule has 19 nitrogen and oxygen atoms in total. The van der Waals surface area contributed by atoms with Crippen molar-refractivity contribution < 1.29 is 52.5 Å². The van der Waals surface area contributed by atoms with Crippen LogP contribution < -0.4 is 29.2 Å². The largest absolute Gasteiger partial charge is 0.493 e. The normalized spacial score (nSPS) is 18.8. The number of benzene rings is 4. The Labute approximate surface area is 496 Å². The molecule has 6 aliphatic rings. The van der Waals surface area contributed by atoms with Crippen molar-refractivity contribution in [3.8, 4) is 23.0 Å². The number of hydrogen-bond acceptors (Lipinski definition) is 15. The average molecular weight is 1160 g/mol. The van der Waals surface area contributed by atoms with Gasteiger partial charge in [0, 0.05) is 132 Å². The summed E-state index contributed by atoms with van der Waals surface area (Å²) in [4.78, 5) is 111. The standard InChI is InChI=1S/C66H74N8O11/c1-41(2)52(32-51(75)14-8-7-9-21-72-62(77)19-20-63(72)78)64(79)69-42(3)57(76)29-43-12-10-13-45(28-43)47-31-50-38-68-56-36-61(59(83-6)34-54(56)66(81)74(50)40-47)85-27-11-26-84-60-35-55-53(33-58(60)82-5)65(80)73-39-46(30-49(73)37-67-55)44-15-17-48(18-16-44)71-24-22-70(4)23-25-71/h10,12-13,15-20,28,33-42,49-50,52H,7-9,11,14,21-27,29-32H2,1-6H3,(H,69,79)/t42-,49-,50-,52-/m0/s1. The maximum Gasteiger partial charge on any atom is 0.260 e. The number of piperazine rings is 1. The van der Waals surface area contributed by atoms with Crippen LogP contribution in [0.25, 0.3) is 11.1 Å². The molecular formula is C66H74N8O11. The van der Waals surface area contributed by atoms with Crippen LogP contribution in [0.5, 0.6) is 23.0 Å². The molecule has 0 bridgehead atoms. The maximum atomic E-state index is 14.2. The van der Waals surface area contributed by atoms with Crippen molar-refractivity contribution >= 4 is 81.7 Å². The minimum absolute atomic E-state index is 0.0520. The van der Waals surface area contributed by atoms with E-state index in [1.807, 2.05) is 56.7 Å². The van der Waals surface area contributed by atoms with Gasteiger partial charge < -0.3 is 43.9 Å². The van der Waals surface area contributed by atoms with Crippen molar-refractivity contribution in [3.05, 3.63) is 125 Å². The molecule has 4 aromatic carbocycles. The summed E-state index contributed by atoms with van der Waals surface area (Å²) in [7, 11) is 5.21. The molecule has 6 aliphatic heterocycles. The summed E-state index contributed by atoms with van der Waals surface area (Å²) >= 11 is 0. The van der Waals surface area contributed by atoms with Gasteiger partial charge in [-0.2, -0.15) is 0 Å². The van der Waals surface area contributed by atoms with E-state index in [9.17, 15) is 33.6 Å². The predicted molar refractivity (Wildman–Crippen MR) is 324 cm³/mol. The van der Waals surface area contributed by atoms with E-state index in [1.165, 1.54) is 37.0 Å². The fourth-order valence-electron chi connectivity index (χ4n) is 11.6. The topological polar surface area (TPSA) is 209 Å². The van der Waals surface area contributed by atoms with Gasteiger partial charge in [-0.05, 0) is 84.8 Å². The second-order valence-corrected chi connectivity index (χ2v) is 22.9. The number of Topliss-reactive ketones (excluding diaryl/α,β-unsaturated/α-hetero) is 2. The number of anilines is 1. The van der Waals surface area contributed by atoms with E-state index < -0.39 is 12.0 Å². The smallest absolute Gasteiger partial charge is 0.260 e. The monoisotopic (exact) mass is 1150 g/mol. The van der Waals surface area contributed by atoms with E-state index >= 15 is 0 Å². The molecule has 0 radical (unpaired) electrons. The molecule has 10 rings (SSSR count). The minimum Gasteiger partial charge on any atom is -0.493 e. The molecule has 444 valence electrons. The van der Waals surface area contributed by atoms with Crippen LogP contribution in [-0.4, -0.2) is 158 Å². The van der Waals surface area contributed by atoms with E-state index in [4.69, 9.17) is 28.9 Å². The highest BCUT2D eigenvalue weighted by molar-refractivity contribution is 6.13. The molecule has 6 heterocycles. The van der Waals surface area contributed by atoms with Crippen LogP contribution in [0.3, 0.4) is 0 Å². The van der Waals surface area contributed by atoms with Crippen molar-refractivity contribution in [2.24, 2.45) is 21.8 Å². The average Bonchev–Trinajstić information content (AvgIpc) is 2.61. The molecule has 5 amide bonds. The fraction of sp³-hybridized carbons (Fsp3) is 0.409. The van der Waals surface area contributed by atoms with Crippen LogP contribution in [0.1, 0.15) is 110 Å². The van der Waals surface area contributed by atoms with Gasteiger partial charge in [0.25, 0.3) is 23.6 Å². The maximum absolute atomic E-state index is 14.2. The summed E-state index contributed by atoms with van der Waals surface area (Å²) in [6, 6.07) is 21.6. The second-order valence-electron chi connectivity index (χ2n) is 22.9. The van der Waals surface area contributed by atoms with Crippen LogP contribution in [0.2, 0.25) is 0 Å². The summed E-state index contributed by atoms with van der Waals surface area (Å²) < 4.78 is 23.9. The number of carbonyl (C=O) groups is 7. The van der Waals surface area contributed by atoms with Gasteiger partial charge in [-0.1, -0.05) is 56.7 Å². The van der Waals surface area contributed by atoms with Gasteiger partial charge in [0.15, 0.2) is 28.8 Å². The molecule has 0 unspecified atom stereocenters. The summed E-state index contributed by atoms with van der Waals surface area (Å²) in [5, 5.41) is 2.86. The first kappa shape index (κ1) is 59.4. The molecule has 85 heavy (non-hydrogen) atoms. The summed E-state index contributed by atoms with van der Waals surface area (Å²) in [5.41, 5.74) is 7.59. The Morgan fingerprint density at radius 2 is 1.24 bits per heavy atom. The van der Waals surface area contributed by atoms with Gasteiger partial charge in [0.1, 0.15) is 5.78 Å². The lowest BCUT2D eigenvalue weighted by Gasteiger charge is -2.34. The number of imide groups is 1. The van der Waals surface area contributed by atoms with Crippen LogP contribution in [0, 0.1) is 11.8 Å². The zero-order chi connectivity index (χ0) is 59.9. The van der Waals surface area contributed by atoms with Gasteiger partial charge in [-0.15, -0.1) is 0 Å². The Bertz CT molecular complexity index is 3390. The Morgan fingerprint density at radius 3 is 1.80 bits per heavy atom. The quantitative estimate of drug-likeness (QED) is 0.0488. The lowest BCUT2D eigenvalue weighted by molar-refractivity contribution is -0.137. The van der Waals surface area contributed by atoms with E-state index in [1.54, 1.807) is 47.2 Å². The number of nitrogens with one attached hydrogen (secondary N) is 1. The lowest BCUT2D eigenvalue weighted by atomic mass is 9.88. The summed E-state index contributed by atoms with van der Waals surface area (Å²) in [6.07, 6.45) is 13.7. The zero-order valence-electron chi connectivity index (χ0n) is 49.2. The number of likely N-dealkylation sites (N-methyl/N-ethyl adjacent to an activating group) is 1. The number of nitrogens with zero attached hydrogens (tertiary/aromatic N) is 7. The number of amides is 5. The highest BCUT2D eigenvalue weighted by Crippen LogP contribution is 2.42. The molecular weight excluding hydrogens is 1080 g/mol. The Morgan fingerprint density at radius 1 is 0.659 bits per heavy atom. The molecule has 19 heteroatoms. The molecule has 0 saturated carbocycles. The van der Waals surface area contributed by atoms with Crippen LogP contribution in [-0.2, 0) is 30.4 Å². The van der Waals surface area contributed by atoms with Crippen molar-refractivity contribution in [2.45, 2.75) is 96.7 Å². The molecule has 4 aromatic rings. The number of fused-ring (bicyclic) bond motifs is 4. The van der Waals surface area contributed by atoms with Gasteiger partial charge in [-0.3, -0.25) is 48.4 Å². The van der Waals surface area contributed by atoms with E-state index in [2.05, 4.69) is 46.4 Å². The first-order valence-corrected chi connectivity index (χ1v) is 29.4. The molecule has 1 saturated heterocycles. The van der Waals surface area contributed by atoms with Crippen LogP contribution in [0.15, 0.2) is 107 Å². The zero-order valence-corrected chi connectivity index (χ0v) is 49.2. The third kappa shape index (κ3) is 13.6. The number of rotatable bonds is 25. The summed E-state index contributed by atoms with van der Waals surface area (Å²) in [5.74, 6) is -0.742. The van der Waals surface area contributed by atoms with E-state index in [-0.39, 0.29) is 91.6 Å². The second kappa shape index (κ2) is 26.5. The third-order valence-electron chi connectivity index (χ3n) is 16.7. The number of ketones is 2. The highest BCUT2D eigenvalue weighted by atomic mass is 16.5. The third-order valence-corrected chi connectivity index (χ3v) is 16.7. The Kier molecular flexibility index (Phi) is 18.5. The number of carbonyl (C=O) groups excluding carboxylic acids is 7. The van der Waals surface area contributed by atoms with Crippen molar-refractivity contribution in [3.63, 3.8) is 0 Å². The first-order valence-electron chi connectivity index (χ1n) is 29.4. The van der Waals surface area contributed by atoms with E-state index in [0.717, 1.165) is 54.0 Å². The SMILES string of the molecule is COc1cc2c(cc1OCCCOc1cc3c(cc1OC)C(=O)N1C=C(c4cccc(CC(=O)[C@H](C)NC(=O)[C@@H](CC(=O)CCCCCN5C(=O)C=CC5=O)C(C)C)c4)C[C@H]1C=N3)N=C[C@@H]1CC(c3ccc(N4CCN(C)CC4)cc3)=CN1C2=O. The van der Waals surface area contributed by atoms with Crippen LogP contribution in [0.4, 0.5) is 17.1 Å². The highest BCUT2D eigenvalue weighted by Gasteiger charge is 2.36. The molecule has 1 N–H and O–H groups in total.